The van der Waals surface area contributed by atoms with Gasteiger partial charge in [0.2, 0.25) is 0 Å². The largest absolute Gasteiger partial charge is 0.481 e. The van der Waals surface area contributed by atoms with Crippen molar-refractivity contribution in [1.29, 1.82) is 0 Å². The molecule has 0 fully saturated rings. The van der Waals surface area contributed by atoms with Crippen LogP contribution in [-0.4, -0.2) is 39.5 Å². The van der Waals surface area contributed by atoms with Gasteiger partial charge in [-0.3, -0.25) is 14.4 Å². The van der Waals surface area contributed by atoms with Crippen LogP contribution in [0.1, 0.15) is 66.7 Å². The van der Waals surface area contributed by atoms with Crippen molar-refractivity contribution in [2.45, 2.75) is 58.0 Å². The van der Waals surface area contributed by atoms with Crippen LogP contribution in [0.25, 0.3) is 22.0 Å². The molecule has 208 valence electrons. The summed E-state index contributed by atoms with van der Waals surface area (Å²) < 4.78 is 5.94. The Morgan fingerprint density at radius 1 is 0.850 bits per heavy atom. The molecule has 40 heavy (non-hydrogen) atoms. The summed E-state index contributed by atoms with van der Waals surface area (Å²) >= 11 is 0. The third-order valence-electron chi connectivity index (χ3n) is 7.48. The van der Waals surface area contributed by atoms with Gasteiger partial charge in [0.25, 0.3) is 0 Å². The number of aliphatic carboxylic acids is 2. The molecule has 0 saturated heterocycles. The fourth-order valence-corrected chi connectivity index (χ4v) is 5.33. The molecule has 1 aromatic heterocycles. The van der Waals surface area contributed by atoms with Gasteiger partial charge in [-0.1, -0.05) is 86.6 Å². The Hall–Kier alpha value is -4.23. The van der Waals surface area contributed by atoms with Gasteiger partial charge < -0.3 is 19.9 Å². The Labute approximate surface area is 233 Å². The summed E-state index contributed by atoms with van der Waals surface area (Å²) in [7, 11) is 0. The van der Waals surface area contributed by atoms with Gasteiger partial charge >= 0.3 is 11.9 Å². The number of para-hydroxylation sites is 1. The second kappa shape index (κ2) is 12.7. The van der Waals surface area contributed by atoms with E-state index in [9.17, 15) is 19.5 Å². The summed E-state index contributed by atoms with van der Waals surface area (Å²) in [6.45, 7) is 4.71. The fourth-order valence-electron chi connectivity index (χ4n) is 5.33. The average molecular weight is 542 g/mol. The van der Waals surface area contributed by atoms with Gasteiger partial charge in [0, 0.05) is 22.9 Å². The number of ether oxygens (including phenoxy) is 1. The molecular weight excluding hydrogens is 506 g/mol. The molecule has 4 aromatic rings. The number of nitrogens with one attached hydrogen (secondary N) is 1. The number of aryl methyl sites for hydroxylation is 1. The van der Waals surface area contributed by atoms with Gasteiger partial charge in [0.15, 0.2) is 5.78 Å². The van der Waals surface area contributed by atoms with E-state index in [1.807, 2.05) is 49.4 Å². The summed E-state index contributed by atoms with van der Waals surface area (Å²) in [6.07, 6.45) is 2.37. The number of aromatic amines is 1. The Morgan fingerprint density at radius 3 is 2.17 bits per heavy atom. The summed E-state index contributed by atoms with van der Waals surface area (Å²) in [5, 5.41) is 19.0. The Morgan fingerprint density at radius 2 is 1.55 bits per heavy atom. The number of carboxylic acids is 2. The van der Waals surface area contributed by atoms with Crippen LogP contribution in [0.15, 0.2) is 72.8 Å². The molecule has 5 rings (SSSR count). The van der Waals surface area contributed by atoms with E-state index in [4.69, 9.17) is 9.84 Å². The molecule has 1 aliphatic rings. The molecule has 0 amide bonds. The van der Waals surface area contributed by atoms with E-state index in [1.54, 1.807) is 12.1 Å². The van der Waals surface area contributed by atoms with Gasteiger partial charge in [0.1, 0.15) is 5.60 Å². The maximum absolute atomic E-state index is 11.7. The minimum atomic E-state index is -0.950. The number of Topliss-reactive ketones (excluding diaryl/α,β-unsaturated/α-hetero) is 1. The lowest BCUT2D eigenvalue weighted by Crippen LogP contribution is -2.37. The SMILES string of the molecule is CCc1cccc2c3c([nH]c12)C(CC)(CC(=O)O)OCC3.O=C(O)CCC(=O)c1ccc(-c2ccccc2)cc1. The lowest BCUT2D eigenvalue weighted by atomic mass is 9.86. The summed E-state index contributed by atoms with van der Waals surface area (Å²) in [6, 6.07) is 23.4. The predicted molar refractivity (Wildman–Crippen MR) is 155 cm³/mol. The van der Waals surface area contributed by atoms with Crippen molar-refractivity contribution in [3.63, 3.8) is 0 Å². The number of rotatable bonds is 9. The lowest BCUT2D eigenvalue weighted by molar-refractivity contribution is -0.148. The van der Waals surface area contributed by atoms with Crippen molar-refractivity contribution in [2.75, 3.05) is 6.61 Å². The average Bonchev–Trinajstić information content (AvgIpc) is 3.37. The van der Waals surface area contributed by atoms with Crippen molar-refractivity contribution in [3.05, 3.63) is 95.2 Å². The molecule has 0 radical (unpaired) electrons. The number of benzene rings is 3. The first-order chi connectivity index (χ1) is 19.3. The minimum absolute atomic E-state index is 0.00474. The maximum Gasteiger partial charge on any atom is 0.306 e. The van der Waals surface area contributed by atoms with Gasteiger partial charge in [0.05, 0.1) is 25.1 Å². The smallest absolute Gasteiger partial charge is 0.306 e. The third kappa shape index (κ3) is 6.32. The van der Waals surface area contributed by atoms with Crippen molar-refractivity contribution in [2.24, 2.45) is 0 Å². The molecule has 7 heteroatoms. The summed E-state index contributed by atoms with van der Waals surface area (Å²) in [5.41, 5.74) is 6.57. The zero-order valence-electron chi connectivity index (χ0n) is 22.9. The van der Waals surface area contributed by atoms with Gasteiger partial charge in [-0.2, -0.15) is 0 Å². The van der Waals surface area contributed by atoms with E-state index in [0.717, 1.165) is 35.2 Å². The quantitative estimate of drug-likeness (QED) is 0.201. The number of ketones is 1. The van der Waals surface area contributed by atoms with E-state index in [0.29, 0.717) is 18.6 Å². The van der Waals surface area contributed by atoms with Crippen LogP contribution in [0.2, 0.25) is 0 Å². The number of carboxylic acid groups (broad SMARTS) is 2. The van der Waals surface area contributed by atoms with Crippen LogP contribution in [0.3, 0.4) is 0 Å². The maximum atomic E-state index is 11.7. The number of H-pyrrole nitrogens is 1. The van der Waals surface area contributed by atoms with Crippen molar-refractivity contribution < 1.29 is 29.3 Å². The number of fused-ring (bicyclic) bond motifs is 3. The van der Waals surface area contributed by atoms with E-state index in [1.165, 1.54) is 16.5 Å². The topological polar surface area (TPSA) is 117 Å². The van der Waals surface area contributed by atoms with E-state index in [-0.39, 0.29) is 25.0 Å². The van der Waals surface area contributed by atoms with Crippen LogP contribution in [0, 0.1) is 0 Å². The second-order valence-electron chi connectivity index (χ2n) is 9.95. The highest BCUT2D eigenvalue weighted by Gasteiger charge is 2.40. The molecule has 7 nitrogen and oxygen atoms in total. The normalized spacial score (nSPS) is 16.1. The first-order valence-corrected chi connectivity index (χ1v) is 13.7. The van der Waals surface area contributed by atoms with Crippen molar-refractivity contribution >= 4 is 28.6 Å². The highest BCUT2D eigenvalue weighted by molar-refractivity contribution is 5.97. The molecule has 3 N–H and O–H groups in total. The third-order valence-corrected chi connectivity index (χ3v) is 7.48. The standard InChI is InChI=1S/C17H21NO3.C16H14O3/c1-3-11-6-5-7-12-13-8-9-21-17(4-2,10-14(19)20)16(13)18-15(11)12;17-15(10-11-16(18)19)14-8-6-13(7-9-14)12-4-2-1-3-5-12/h5-7,18H,3-4,8-10H2,1-2H3,(H,19,20);1-9H,10-11H2,(H,18,19). The van der Waals surface area contributed by atoms with Crippen LogP contribution in [0.5, 0.6) is 0 Å². The molecule has 0 spiro atoms. The van der Waals surface area contributed by atoms with Crippen LogP contribution < -0.4 is 0 Å². The highest BCUT2D eigenvalue weighted by Crippen LogP contribution is 2.42. The van der Waals surface area contributed by atoms with Crippen molar-refractivity contribution in [1.82, 2.24) is 4.98 Å². The molecular formula is C33H35NO6. The first kappa shape index (κ1) is 28.8. The molecule has 1 unspecified atom stereocenters. The van der Waals surface area contributed by atoms with Crippen LogP contribution in [-0.2, 0) is 32.8 Å². The van der Waals surface area contributed by atoms with E-state index >= 15 is 0 Å². The molecule has 0 saturated carbocycles. The highest BCUT2D eigenvalue weighted by atomic mass is 16.5. The fraction of sp³-hybridized carbons (Fsp3) is 0.303. The zero-order valence-corrected chi connectivity index (χ0v) is 22.9. The van der Waals surface area contributed by atoms with E-state index in [2.05, 4.69) is 30.1 Å². The van der Waals surface area contributed by atoms with Gasteiger partial charge in [-0.15, -0.1) is 0 Å². The molecule has 0 aliphatic carbocycles. The molecule has 0 bridgehead atoms. The Kier molecular flexibility index (Phi) is 9.17. The number of hydrogen-bond donors (Lipinski definition) is 3. The molecule has 3 aromatic carbocycles. The second-order valence-corrected chi connectivity index (χ2v) is 9.95. The number of aromatic nitrogens is 1. The zero-order chi connectivity index (χ0) is 28.7. The first-order valence-electron chi connectivity index (χ1n) is 13.7. The van der Waals surface area contributed by atoms with Gasteiger partial charge in [-0.25, -0.2) is 0 Å². The monoisotopic (exact) mass is 541 g/mol. The number of carbonyl (C=O) groups excluding carboxylic acids is 1. The van der Waals surface area contributed by atoms with Crippen molar-refractivity contribution in [3.8, 4) is 11.1 Å². The molecule has 2 heterocycles. The lowest BCUT2D eigenvalue weighted by Gasteiger charge is -2.35. The molecule has 1 aliphatic heterocycles. The van der Waals surface area contributed by atoms with Crippen LogP contribution in [0.4, 0.5) is 0 Å². The molecule has 1 atom stereocenters. The van der Waals surface area contributed by atoms with Gasteiger partial charge in [-0.05, 0) is 41.5 Å². The minimum Gasteiger partial charge on any atom is -0.481 e. The number of carbonyl (C=O) groups is 3. The van der Waals surface area contributed by atoms with Crippen LogP contribution >= 0.6 is 0 Å². The Balaban J connectivity index is 0.000000186. The summed E-state index contributed by atoms with van der Waals surface area (Å²) in [4.78, 5) is 36.9. The number of hydrogen-bond acceptors (Lipinski definition) is 4. The summed E-state index contributed by atoms with van der Waals surface area (Å²) in [5.74, 6) is -1.91. The Bertz CT molecular complexity index is 1490. The van der Waals surface area contributed by atoms with E-state index < -0.39 is 17.5 Å². The predicted octanol–water partition coefficient (Wildman–Crippen LogP) is 6.78.